The van der Waals surface area contributed by atoms with Gasteiger partial charge in [-0.2, -0.15) is 0 Å². The van der Waals surface area contributed by atoms with E-state index < -0.39 is 95.6 Å². The number of ketones is 1. The van der Waals surface area contributed by atoms with Crippen LogP contribution in [0.15, 0.2) is 12.4 Å². The van der Waals surface area contributed by atoms with Gasteiger partial charge in [-0.05, 0) is 55.8 Å². The standard InChI is InChI=1S/C35H51F2N7O6/c1-5-9-23(26(45)31(48)40-20-12-13-20)41-30(47)25-21-14-15-35(36,37)22(21)18-44(25)33(50)27(34(2,3)4)43-29(46)24(19-10-7-6-8-11-19)42-32(49)28-38-16-17-39-28/h16-17,19-25,27H,5-15,18H2,1-4H3,(H,38,39)(H,40,48)(H,41,47)(H,42,49)(H,43,46)/t21?,22?,23-,24-,25-,27+/m0/s1. The van der Waals surface area contributed by atoms with Gasteiger partial charge in [0, 0.05) is 37.3 Å². The normalized spacial score (nSPS) is 25.2. The summed E-state index contributed by atoms with van der Waals surface area (Å²) in [4.78, 5) is 89.2. The molecule has 5 amide bonds. The number of aromatic nitrogens is 2. The molecule has 5 rings (SSSR count). The van der Waals surface area contributed by atoms with Crippen LogP contribution in [0.25, 0.3) is 0 Å². The van der Waals surface area contributed by atoms with E-state index in [2.05, 4.69) is 31.2 Å². The molecule has 2 heterocycles. The van der Waals surface area contributed by atoms with Crippen molar-refractivity contribution in [3.63, 3.8) is 0 Å². The van der Waals surface area contributed by atoms with Gasteiger partial charge in [0.2, 0.25) is 23.5 Å². The highest BCUT2D eigenvalue weighted by molar-refractivity contribution is 6.38. The largest absolute Gasteiger partial charge is 0.347 e. The summed E-state index contributed by atoms with van der Waals surface area (Å²) in [5.74, 6) is -9.75. The molecule has 50 heavy (non-hydrogen) atoms. The Morgan fingerprint density at radius 3 is 2.30 bits per heavy atom. The van der Waals surface area contributed by atoms with E-state index >= 15 is 8.78 Å². The van der Waals surface area contributed by atoms with Gasteiger partial charge in [-0.25, -0.2) is 13.8 Å². The summed E-state index contributed by atoms with van der Waals surface area (Å²) in [7, 11) is 0. The Kier molecular flexibility index (Phi) is 11.3. The van der Waals surface area contributed by atoms with E-state index in [0.717, 1.165) is 37.0 Å². The van der Waals surface area contributed by atoms with Crippen LogP contribution in [-0.4, -0.2) is 92.9 Å². The number of hydrogen-bond acceptors (Lipinski definition) is 7. The molecule has 0 spiro atoms. The summed E-state index contributed by atoms with van der Waals surface area (Å²) >= 11 is 0. The Balaban J connectivity index is 1.39. The first-order valence-corrected chi connectivity index (χ1v) is 18.1. The minimum atomic E-state index is -3.12. The summed E-state index contributed by atoms with van der Waals surface area (Å²) in [5.41, 5.74) is -0.933. The summed E-state index contributed by atoms with van der Waals surface area (Å²) in [6, 6.07) is -4.84. The van der Waals surface area contributed by atoms with E-state index in [1.165, 1.54) is 12.4 Å². The molecule has 6 atom stereocenters. The maximum absolute atomic E-state index is 15.2. The molecule has 4 aliphatic rings. The predicted octanol–water partition coefficient (Wildman–Crippen LogP) is 2.62. The van der Waals surface area contributed by atoms with Gasteiger partial charge in [0.1, 0.15) is 18.1 Å². The number of alkyl halides is 2. The van der Waals surface area contributed by atoms with Gasteiger partial charge in [0.25, 0.3) is 17.7 Å². The Morgan fingerprint density at radius 2 is 1.70 bits per heavy atom. The van der Waals surface area contributed by atoms with Crippen LogP contribution in [-0.2, 0) is 24.0 Å². The predicted molar refractivity (Wildman–Crippen MR) is 177 cm³/mol. The number of nitrogens with zero attached hydrogens (tertiary/aromatic N) is 2. The van der Waals surface area contributed by atoms with Crippen molar-refractivity contribution in [2.45, 2.75) is 134 Å². The summed E-state index contributed by atoms with van der Waals surface area (Å²) < 4.78 is 30.4. The van der Waals surface area contributed by atoms with Gasteiger partial charge in [-0.3, -0.25) is 28.8 Å². The minimum absolute atomic E-state index is 0.0107. The molecule has 3 saturated carbocycles. The number of H-pyrrole nitrogens is 1. The Hall–Kier alpha value is -3.91. The highest BCUT2D eigenvalue weighted by Gasteiger charge is 2.61. The number of rotatable bonds is 13. The molecular weight excluding hydrogens is 652 g/mol. The third-order valence-electron chi connectivity index (χ3n) is 10.7. The highest BCUT2D eigenvalue weighted by Crippen LogP contribution is 2.51. The van der Waals surface area contributed by atoms with Gasteiger partial charge < -0.3 is 31.2 Å². The monoisotopic (exact) mass is 703 g/mol. The van der Waals surface area contributed by atoms with Crippen LogP contribution >= 0.6 is 0 Å². The molecule has 1 aliphatic heterocycles. The van der Waals surface area contributed by atoms with Crippen LogP contribution in [0.3, 0.4) is 0 Å². The number of likely N-dealkylation sites (tertiary alicyclic amines) is 1. The van der Waals surface area contributed by atoms with Crippen molar-refractivity contribution >= 4 is 35.3 Å². The molecule has 13 nitrogen and oxygen atoms in total. The first kappa shape index (κ1) is 37.3. The zero-order chi connectivity index (χ0) is 36.4. The molecule has 15 heteroatoms. The van der Waals surface area contributed by atoms with Crippen LogP contribution in [0.4, 0.5) is 8.78 Å². The Morgan fingerprint density at radius 1 is 1.00 bits per heavy atom. The number of carbonyl (C=O) groups excluding carboxylic acids is 6. The average Bonchev–Trinajstić information content (AvgIpc) is 3.43. The molecule has 0 aromatic carbocycles. The fourth-order valence-electron chi connectivity index (χ4n) is 7.79. The number of imidazole rings is 1. The fraction of sp³-hybridized carbons (Fsp3) is 0.743. The van der Waals surface area contributed by atoms with Crippen molar-refractivity contribution in [3.05, 3.63) is 18.2 Å². The molecule has 1 aromatic heterocycles. The van der Waals surface area contributed by atoms with Crippen molar-refractivity contribution in [1.29, 1.82) is 0 Å². The third kappa shape index (κ3) is 8.34. The van der Waals surface area contributed by atoms with Gasteiger partial charge in [0.05, 0.1) is 6.04 Å². The quantitative estimate of drug-likeness (QED) is 0.196. The van der Waals surface area contributed by atoms with Crippen molar-refractivity contribution in [2.24, 2.45) is 23.2 Å². The molecule has 2 unspecified atom stereocenters. The third-order valence-corrected chi connectivity index (χ3v) is 10.7. The lowest BCUT2D eigenvalue weighted by Crippen LogP contribution is -2.62. The number of aromatic amines is 1. The van der Waals surface area contributed by atoms with Gasteiger partial charge in [0.15, 0.2) is 5.82 Å². The molecule has 276 valence electrons. The number of carbonyl (C=O) groups is 6. The highest BCUT2D eigenvalue weighted by atomic mass is 19.3. The summed E-state index contributed by atoms with van der Waals surface area (Å²) in [5, 5.41) is 10.9. The number of amides is 5. The zero-order valence-electron chi connectivity index (χ0n) is 29.4. The number of hydrogen-bond donors (Lipinski definition) is 5. The van der Waals surface area contributed by atoms with Crippen molar-refractivity contribution < 1.29 is 37.5 Å². The second-order valence-electron chi connectivity index (χ2n) is 15.6. The second kappa shape index (κ2) is 15.1. The maximum Gasteiger partial charge on any atom is 0.289 e. The van der Waals surface area contributed by atoms with Gasteiger partial charge >= 0.3 is 0 Å². The van der Waals surface area contributed by atoms with E-state index in [0.29, 0.717) is 19.3 Å². The molecular formula is C35H51F2N7O6. The van der Waals surface area contributed by atoms with Gasteiger partial charge in [-0.15, -0.1) is 0 Å². The van der Waals surface area contributed by atoms with E-state index in [1.54, 1.807) is 27.7 Å². The van der Waals surface area contributed by atoms with Crippen LogP contribution in [0.1, 0.15) is 109 Å². The first-order valence-electron chi connectivity index (χ1n) is 18.1. The smallest absolute Gasteiger partial charge is 0.289 e. The SMILES string of the molecule is CCC[C@H](NC(=O)[C@@H]1C2CCC(F)(F)C2CN1C(=O)[C@@H](NC(=O)[C@@H](NC(=O)c1ncc[nH]1)C1CCCCC1)C(C)(C)C)C(=O)C(=O)NC1CC1. The summed E-state index contributed by atoms with van der Waals surface area (Å²) in [6.07, 6.45) is 8.73. The van der Waals surface area contributed by atoms with E-state index in [1.807, 2.05) is 0 Å². The molecule has 5 N–H and O–H groups in total. The van der Waals surface area contributed by atoms with Crippen LogP contribution in [0, 0.1) is 23.2 Å². The van der Waals surface area contributed by atoms with E-state index in [9.17, 15) is 28.8 Å². The lowest BCUT2D eigenvalue weighted by Gasteiger charge is -2.38. The van der Waals surface area contributed by atoms with Crippen LogP contribution in [0.2, 0.25) is 0 Å². The molecule has 1 aromatic rings. The number of halogens is 2. The molecule has 1 saturated heterocycles. The second-order valence-corrected chi connectivity index (χ2v) is 15.6. The molecule has 3 aliphatic carbocycles. The van der Waals surface area contributed by atoms with E-state index in [-0.39, 0.29) is 30.6 Å². The average molecular weight is 704 g/mol. The Labute approximate surface area is 291 Å². The topological polar surface area (TPSA) is 182 Å². The van der Waals surface area contributed by atoms with Crippen LogP contribution in [0.5, 0.6) is 0 Å². The van der Waals surface area contributed by atoms with Crippen LogP contribution < -0.4 is 21.3 Å². The molecule has 0 radical (unpaired) electrons. The van der Waals surface area contributed by atoms with Crippen molar-refractivity contribution in [2.75, 3.05) is 6.54 Å². The minimum Gasteiger partial charge on any atom is -0.347 e. The number of Topliss-reactive ketones (excluding diaryl/α,β-unsaturated/α-hetero) is 1. The first-order chi connectivity index (χ1) is 23.6. The van der Waals surface area contributed by atoms with E-state index in [4.69, 9.17) is 0 Å². The van der Waals surface area contributed by atoms with Crippen molar-refractivity contribution in [1.82, 2.24) is 36.1 Å². The zero-order valence-corrected chi connectivity index (χ0v) is 29.4. The van der Waals surface area contributed by atoms with Gasteiger partial charge in [-0.1, -0.05) is 53.4 Å². The maximum atomic E-state index is 15.2. The lowest BCUT2D eigenvalue weighted by atomic mass is 9.82. The fourth-order valence-corrected chi connectivity index (χ4v) is 7.79. The van der Waals surface area contributed by atoms with Crippen molar-refractivity contribution in [3.8, 4) is 0 Å². The molecule has 0 bridgehead atoms. The lowest BCUT2D eigenvalue weighted by molar-refractivity contribution is -0.146. The number of fused-ring (bicyclic) bond motifs is 1. The Bertz CT molecular complexity index is 1440. The summed E-state index contributed by atoms with van der Waals surface area (Å²) in [6.45, 7) is 6.55. The molecule has 4 fully saturated rings. The number of nitrogens with one attached hydrogen (secondary N) is 5.